The molecular formula is C22H27N3O4. The Hall–Kier alpha value is -3.35. The molecule has 0 unspecified atom stereocenters. The van der Waals surface area contributed by atoms with Gasteiger partial charge in [-0.1, -0.05) is 44.2 Å². The van der Waals surface area contributed by atoms with Crippen molar-refractivity contribution in [1.29, 1.82) is 0 Å². The van der Waals surface area contributed by atoms with E-state index in [0.29, 0.717) is 5.65 Å². The van der Waals surface area contributed by atoms with E-state index in [1.807, 2.05) is 76.2 Å². The summed E-state index contributed by atoms with van der Waals surface area (Å²) in [5.41, 5.74) is 2.28. The van der Waals surface area contributed by atoms with E-state index in [2.05, 4.69) is 4.98 Å². The van der Waals surface area contributed by atoms with Gasteiger partial charge < -0.3 is 14.4 Å². The molecule has 0 aliphatic carbocycles. The van der Waals surface area contributed by atoms with Crippen LogP contribution in [0.1, 0.15) is 35.5 Å². The first-order chi connectivity index (χ1) is 13.9. The van der Waals surface area contributed by atoms with Crippen LogP contribution in [0.25, 0.3) is 5.65 Å². The summed E-state index contributed by atoms with van der Waals surface area (Å²) in [6.07, 6.45) is 1.67. The maximum absolute atomic E-state index is 13.1. The van der Waals surface area contributed by atoms with Crippen LogP contribution in [0.3, 0.4) is 0 Å². The second-order valence-corrected chi connectivity index (χ2v) is 6.33. The zero-order valence-corrected chi connectivity index (χ0v) is 17.7. The number of anilines is 1. The van der Waals surface area contributed by atoms with Crippen LogP contribution in [-0.4, -0.2) is 36.6 Å². The fraction of sp³-hybridized carbons (Fsp3) is 0.318. The highest BCUT2D eigenvalue weighted by molar-refractivity contribution is 5.90. The average Bonchev–Trinajstić information content (AvgIpc) is 2.74. The molecule has 154 valence electrons. The molecule has 0 saturated carbocycles. The molecule has 2 aromatic heterocycles. The quantitative estimate of drug-likeness (QED) is 0.614. The molecule has 0 atom stereocenters. The van der Waals surface area contributed by atoms with Crippen molar-refractivity contribution < 1.29 is 14.3 Å². The molecule has 0 fully saturated rings. The minimum atomic E-state index is -0.714. The third kappa shape index (κ3) is 4.74. The summed E-state index contributed by atoms with van der Waals surface area (Å²) in [7, 11) is 5.01. The number of methoxy groups -OCH3 is 1. The highest BCUT2D eigenvalue weighted by Crippen LogP contribution is 2.21. The van der Waals surface area contributed by atoms with Crippen molar-refractivity contribution in [2.75, 3.05) is 26.1 Å². The number of pyridine rings is 1. The Labute approximate surface area is 170 Å². The van der Waals surface area contributed by atoms with Crippen molar-refractivity contribution in [3.63, 3.8) is 0 Å². The Morgan fingerprint density at radius 1 is 1.17 bits per heavy atom. The molecule has 0 spiro atoms. The van der Waals surface area contributed by atoms with Gasteiger partial charge in [-0.05, 0) is 24.1 Å². The van der Waals surface area contributed by atoms with E-state index in [0.717, 1.165) is 16.8 Å². The summed E-state index contributed by atoms with van der Waals surface area (Å²) in [6, 6.07) is 11.3. The number of esters is 1. The predicted octanol–water partition coefficient (Wildman–Crippen LogP) is 3.46. The van der Waals surface area contributed by atoms with Crippen LogP contribution in [-0.2, 0) is 11.3 Å². The van der Waals surface area contributed by atoms with Crippen molar-refractivity contribution in [2.24, 2.45) is 0 Å². The highest BCUT2D eigenvalue weighted by atomic mass is 16.5. The lowest BCUT2D eigenvalue weighted by molar-refractivity contribution is 0.0588. The molecule has 0 aliphatic heterocycles. The van der Waals surface area contributed by atoms with Crippen LogP contribution in [0.15, 0.2) is 47.4 Å². The molecule has 29 heavy (non-hydrogen) atoms. The van der Waals surface area contributed by atoms with Gasteiger partial charge in [0, 0.05) is 20.3 Å². The first kappa shape index (κ1) is 21.9. The number of benzene rings is 1. The summed E-state index contributed by atoms with van der Waals surface area (Å²) in [5, 5.41) is 0. The van der Waals surface area contributed by atoms with E-state index >= 15 is 0 Å². The van der Waals surface area contributed by atoms with Gasteiger partial charge in [0.2, 0.25) is 5.75 Å². The molecule has 0 saturated heterocycles. The zero-order chi connectivity index (χ0) is 21.6. The molecule has 7 heteroatoms. The molecule has 3 rings (SSSR count). The van der Waals surface area contributed by atoms with E-state index in [1.165, 1.54) is 11.5 Å². The normalized spacial score (nSPS) is 10.1. The summed E-state index contributed by atoms with van der Waals surface area (Å²) in [6.45, 7) is 5.97. The molecule has 1 aromatic carbocycles. The Balaban J connectivity index is 0.00000145. The number of rotatable bonds is 5. The van der Waals surface area contributed by atoms with Crippen molar-refractivity contribution in [3.05, 3.63) is 69.8 Å². The SMILES string of the molecule is CC.COC(=O)c1nc2c(C)cc(N(C)C)cn2c(=O)c1OCc1ccccc1. The fourth-order valence-corrected chi connectivity index (χ4v) is 2.71. The molecule has 0 bridgehead atoms. The Kier molecular flexibility index (Phi) is 7.36. The zero-order valence-electron chi connectivity index (χ0n) is 17.7. The van der Waals surface area contributed by atoms with Crippen LogP contribution >= 0.6 is 0 Å². The van der Waals surface area contributed by atoms with Gasteiger partial charge in [0.1, 0.15) is 12.3 Å². The van der Waals surface area contributed by atoms with E-state index < -0.39 is 11.5 Å². The minimum Gasteiger partial charge on any atom is -0.481 e. The van der Waals surface area contributed by atoms with Crippen LogP contribution in [0.5, 0.6) is 5.75 Å². The number of aromatic nitrogens is 2. The summed E-state index contributed by atoms with van der Waals surface area (Å²) in [5.74, 6) is -0.841. The van der Waals surface area contributed by atoms with Crippen LogP contribution < -0.4 is 15.2 Å². The fourth-order valence-electron chi connectivity index (χ4n) is 2.71. The van der Waals surface area contributed by atoms with E-state index in [-0.39, 0.29) is 18.1 Å². The van der Waals surface area contributed by atoms with Crippen molar-refractivity contribution in [3.8, 4) is 5.75 Å². The van der Waals surface area contributed by atoms with Gasteiger partial charge in [-0.2, -0.15) is 0 Å². The van der Waals surface area contributed by atoms with Crippen LogP contribution in [0.4, 0.5) is 5.69 Å². The number of fused-ring (bicyclic) bond motifs is 1. The van der Waals surface area contributed by atoms with Crippen LogP contribution in [0.2, 0.25) is 0 Å². The minimum absolute atomic E-state index is 0.126. The standard InChI is InChI=1S/C20H21N3O4.C2H6/c1-13-10-15(22(2)3)11-23-18(13)21-16(20(25)26-4)17(19(23)24)27-12-14-8-6-5-7-9-14;1-2/h5-11H,12H2,1-4H3;1-2H3. The largest absolute Gasteiger partial charge is 0.481 e. The molecule has 0 radical (unpaired) electrons. The van der Waals surface area contributed by atoms with Gasteiger partial charge in [-0.25, -0.2) is 9.78 Å². The van der Waals surface area contributed by atoms with Gasteiger partial charge in [-0.3, -0.25) is 9.20 Å². The molecule has 3 aromatic rings. The van der Waals surface area contributed by atoms with Gasteiger partial charge >= 0.3 is 11.5 Å². The summed E-state index contributed by atoms with van der Waals surface area (Å²) < 4.78 is 11.9. The smallest absolute Gasteiger partial charge is 0.360 e. The molecule has 2 heterocycles. The van der Waals surface area contributed by atoms with Gasteiger partial charge in [-0.15, -0.1) is 0 Å². The Bertz CT molecular complexity index is 1040. The maximum atomic E-state index is 13.1. The number of carbonyl (C=O) groups is 1. The summed E-state index contributed by atoms with van der Waals surface area (Å²) in [4.78, 5) is 31.5. The third-order valence-electron chi connectivity index (χ3n) is 4.17. The van der Waals surface area contributed by atoms with E-state index in [4.69, 9.17) is 9.47 Å². The second-order valence-electron chi connectivity index (χ2n) is 6.33. The van der Waals surface area contributed by atoms with Crippen molar-refractivity contribution in [2.45, 2.75) is 27.4 Å². The number of aryl methyl sites for hydroxylation is 1. The topological polar surface area (TPSA) is 73.1 Å². The van der Waals surface area contributed by atoms with Crippen LogP contribution in [0, 0.1) is 6.92 Å². The average molecular weight is 397 g/mol. The lowest BCUT2D eigenvalue weighted by Gasteiger charge is -2.16. The molecule has 0 N–H and O–H groups in total. The molecular weight excluding hydrogens is 370 g/mol. The van der Waals surface area contributed by atoms with Crippen molar-refractivity contribution >= 4 is 17.3 Å². The lowest BCUT2D eigenvalue weighted by atomic mass is 10.2. The first-order valence-corrected chi connectivity index (χ1v) is 9.41. The molecule has 7 nitrogen and oxygen atoms in total. The van der Waals surface area contributed by atoms with E-state index in [9.17, 15) is 9.59 Å². The second kappa shape index (κ2) is 9.73. The highest BCUT2D eigenvalue weighted by Gasteiger charge is 2.22. The summed E-state index contributed by atoms with van der Waals surface area (Å²) >= 11 is 0. The number of ether oxygens (including phenoxy) is 2. The first-order valence-electron chi connectivity index (χ1n) is 9.41. The Morgan fingerprint density at radius 3 is 2.41 bits per heavy atom. The van der Waals surface area contributed by atoms with Gasteiger partial charge in [0.05, 0.1) is 12.8 Å². The third-order valence-corrected chi connectivity index (χ3v) is 4.17. The number of hydrogen-bond acceptors (Lipinski definition) is 6. The van der Waals surface area contributed by atoms with E-state index in [1.54, 1.807) is 6.20 Å². The van der Waals surface area contributed by atoms with Gasteiger partial charge in [0.15, 0.2) is 5.69 Å². The number of hydrogen-bond donors (Lipinski definition) is 0. The van der Waals surface area contributed by atoms with Gasteiger partial charge in [0.25, 0.3) is 0 Å². The predicted molar refractivity (Wildman–Crippen MR) is 114 cm³/mol. The molecule has 0 aliphatic rings. The lowest BCUT2D eigenvalue weighted by Crippen LogP contribution is -2.24. The number of carbonyl (C=O) groups excluding carboxylic acids is 1. The number of nitrogens with zero attached hydrogens (tertiary/aromatic N) is 3. The molecule has 0 amide bonds. The van der Waals surface area contributed by atoms with Crippen molar-refractivity contribution in [1.82, 2.24) is 9.38 Å². The Morgan fingerprint density at radius 2 is 1.83 bits per heavy atom. The maximum Gasteiger partial charge on any atom is 0.360 e. The monoisotopic (exact) mass is 397 g/mol.